The molecule has 0 aromatic carbocycles. The van der Waals surface area contributed by atoms with Gasteiger partial charge in [-0.15, -0.1) is 0 Å². The van der Waals surface area contributed by atoms with Crippen molar-refractivity contribution in [2.24, 2.45) is 0 Å². The van der Waals surface area contributed by atoms with Crippen LogP contribution in [0.2, 0.25) is 5.02 Å². The lowest BCUT2D eigenvalue weighted by Gasteiger charge is -2.21. The smallest absolute Gasteiger partial charge is 0.270 e. The Bertz CT molecular complexity index is 371. The monoisotopic (exact) mass is 258 g/mol. The Balaban J connectivity index is 2.91. The topological polar surface area (TPSA) is 45.5 Å². The van der Waals surface area contributed by atoms with Gasteiger partial charge in [0.25, 0.3) is 5.91 Å². The zero-order valence-corrected chi connectivity index (χ0v) is 11.1. The van der Waals surface area contributed by atoms with Crippen molar-refractivity contribution in [2.45, 2.75) is 26.8 Å². The third-order valence-corrected chi connectivity index (χ3v) is 2.78. The highest BCUT2D eigenvalue weighted by molar-refractivity contribution is 6.31. The van der Waals surface area contributed by atoms with E-state index in [0.29, 0.717) is 30.4 Å². The third-order valence-electron chi connectivity index (χ3n) is 2.57. The molecule has 0 aliphatic carbocycles. The molecule has 0 radical (unpaired) electrons. The van der Waals surface area contributed by atoms with Gasteiger partial charge in [0.1, 0.15) is 5.69 Å². The fourth-order valence-corrected chi connectivity index (χ4v) is 2.00. The van der Waals surface area contributed by atoms with Crippen LogP contribution >= 0.6 is 11.6 Å². The van der Waals surface area contributed by atoms with E-state index in [1.165, 1.54) is 0 Å². The number of carbonyl (C=O) groups excluding carboxylic acids is 1. The van der Waals surface area contributed by atoms with E-state index in [1.54, 1.807) is 17.2 Å². The van der Waals surface area contributed by atoms with Crippen molar-refractivity contribution in [3.8, 4) is 0 Å². The summed E-state index contributed by atoms with van der Waals surface area (Å²) in [5.74, 6) is -0.0744. The fraction of sp³-hybridized carbons (Fsp3) is 0.583. The molecule has 0 aliphatic rings. The zero-order valence-electron chi connectivity index (χ0n) is 10.3. The Morgan fingerprint density at radius 2 is 2.18 bits per heavy atom. The van der Waals surface area contributed by atoms with E-state index in [0.717, 1.165) is 6.42 Å². The lowest BCUT2D eigenvalue weighted by Crippen LogP contribution is -2.35. The second-order valence-corrected chi connectivity index (χ2v) is 4.28. The number of carbonyl (C=O) groups is 1. The summed E-state index contributed by atoms with van der Waals surface area (Å²) in [7, 11) is 0. The minimum absolute atomic E-state index is 0.0215. The van der Waals surface area contributed by atoms with Crippen molar-refractivity contribution < 1.29 is 9.90 Å². The number of aliphatic hydroxyl groups is 1. The molecule has 17 heavy (non-hydrogen) atoms. The predicted molar refractivity (Wildman–Crippen MR) is 68.4 cm³/mol. The molecule has 1 N–H and O–H groups in total. The number of hydrogen-bond acceptors (Lipinski definition) is 2. The van der Waals surface area contributed by atoms with Crippen LogP contribution in [-0.4, -0.2) is 40.2 Å². The molecule has 1 amide bonds. The predicted octanol–water partition coefficient (Wildman–Crippen LogP) is 2.01. The van der Waals surface area contributed by atoms with Crippen molar-refractivity contribution in [1.82, 2.24) is 9.47 Å². The van der Waals surface area contributed by atoms with Crippen LogP contribution in [0.1, 0.15) is 30.8 Å². The molecule has 1 rings (SSSR count). The number of nitrogens with zero attached hydrogens (tertiary/aromatic N) is 2. The van der Waals surface area contributed by atoms with Gasteiger partial charge in [-0.2, -0.15) is 0 Å². The summed E-state index contributed by atoms with van der Waals surface area (Å²) in [6.07, 6.45) is 2.62. The van der Waals surface area contributed by atoms with Gasteiger partial charge in [-0.3, -0.25) is 4.79 Å². The van der Waals surface area contributed by atoms with Crippen LogP contribution in [0, 0.1) is 0 Å². The quantitative estimate of drug-likeness (QED) is 0.848. The highest BCUT2D eigenvalue weighted by atomic mass is 35.5. The van der Waals surface area contributed by atoms with Gasteiger partial charge in [-0.05, 0) is 19.4 Å². The molecule has 1 aromatic rings. The SMILES string of the molecule is CCCN(CCO)C(=O)c1cc(Cl)cn1CC. The van der Waals surface area contributed by atoms with E-state index >= 15 is 0 Å². The Hall–Kier alpha value is -1.00. The molecule has 0 unspecified atom stereocenters. The summed E-state index contributed by atoms with van der Waals surface area (Å²) in [4.78, 5) is 13.9. The van der Waals surface area contributed by atoms with Crippen molar-refractivity contribution in [3.05, 3.63) is 23.0 Å². The molecule has 1 heterocycles. The average molecular weight is 259 g/mol. The molecular weight excluding hydrogens is 240 g/mol. The highest BCUT2D eigenvalue weighted by Gasteiger charge is 2.18. The fourth-order valence-electron chi connectivity index (χ4n) is 1.78. The maximum absolute atomic E-state index is 12.3. The second kappa shape index (κ2) is 6.67. The first-order chi connectivity index (χ1) is 8.13. The first-order valence-electron chi connectivity index (χ1n) is 5.89. The van der Waals surface area contributed by atoms with Crippen LogP contribution in [-0.2, 0) is 6.54 Å². The summed E-state index contributed by atoms with van der Waals surface area (Å²) in [6, 6.07) is 1.67. The lowest BCUT2D eigenvalue weighted by atomic mass is 10.3. The van der Waals surface area contributed by atoms with Crippen LogP contribution < -0.4 is 0 Å². The first kappa shape index (κ1) is 14.1. The van der Waals surface area contributed by atoms with E-state index in [-0.39, 0.29) is 12.5 Å². The minimum Gasteiger partial charge on any atom is -0.395 e. The summed E-state index contributed by atoms with van der Waals surface area (Å²) < 4.78 is 1.82. The second-order valence-electron chi connectivity index (χ2n) is 3.85. The van der Waals surface area contributed by atoms with Gasteiger partial charge in [-0.1, -0.05) is 18.5 Å². The maximum atomic E-state index is 12.3. The van der Waals surface area contributed by atoms with Gasteiger partial charge in [-0.25, -0.2) is 0 Å². The molecule has 0 aliphatic heterocycles. The minimum atomic E-state index is -0.0744. The Morgan fingerprint density at radius 1 is 1.47 bits per heavy atom. The molecule has 4 nitrogen and oxygen atoms in total. The molecule has 0 saturated carbocycles. The van der Waals surface area contributed by atoms with E-state index in [9.17, 15) is 4.79 Å². The van der Waals surface area contributed by atoms with Gasteiger partial charge in [0, 0.05) is 25.8 Å². The molecule has 0 fully saturated rings. The average Bonchev–Trinajstić information content (AvgIpc) is 2.69. The van der Waals surface area contributed by atoms with Gasteiger partial charge in [0.15, 0.2) is 0 Å². The number of hydrogen-bond donors (Lipinski definition) is 1. The molecule has 5 heteroatoms. The highest BCUT2D eigenvalue weighted by Crippen LogP contribution is 2.16. The van der Waals surface area contributed by atoms with E-state index < -0.39 is 0 Å². The van der Waals surface area contributed by atoms with Crippen LogP contribution in [0.25, 0.3) is 0 Å². The largest absolute Gasteiger partial charge is 0.395 e. The molecule has 0 spiro atoms. The number of halogens is 1. The molecular formula is C12H19ClN2O2. The van der Waals surface area contributed by atoms with Gasteiger partial charge in [0.05, 0.1) is 11.6 Å². The first-order valence-corrected chi connectivity index (χ1v) is 6.27. The Kier molecular flexibility index (Phi) is 5.51. The number of aliphatic hydroxyl groups excluding tert-OH is 1. The van der Waals surface area contributed by atoms with E-state index in [4.69, 9.17) is 16.7 Å². The van der Waals surface area contributed by atoms with Crippen molar-refractivity contribution in [3.63, 3.8) is 0 Å². The molecule has 96 valence electrons. The molecule has 0 atom stereocenters. The molecule has 0 bridgehead atoms. The number of amides is 1. The van der Waals surface area contributed by atoms with Gasteiger partial charge < -0.3 is 14.6 Å². The Labute approximate surface area is 107 Å². The normalized spacial score (nSPS) is 10.6. The van der Waals surface area contributed by atoms with E-state index in [2.05, 4.69) is 0 Å². The van der Waals surface area contributed by atoms with Crippen LogP contribution in [0.15, 0.2) is 12.3 Å². The number of rotatable bonds is 6. The summed E-state index contributed by atoms with van der Waals surface area (Å²) in [6.45, 7) is 5.65. The van der Waals surface area contributed by atoms with E-state index in [1.807, 2.05) is 18.4 Å². The third kappa shape index (κ3) is 3.48. The van der Waals surface area contributed by atoms with Crippen molar-refractivity contribution in [1.29, 1.82) is 0 Å². The van der Waals surface area contributed by atoms with Crippen LogP contribution in [0.3, 0.4) is 0 Å². The molecule has 0 saturated heterocycles. The van der Waals surface area contributed by atoms with Crippen molar-refractivity contribution in [2.75, 3.05) is 19.7 Å². The summed E-state index contributed by atoms with van der Waals surface area (Å²) in [5.41, 5.74) is 0.583. The summed E-state index contributed by atoms with van der Waals surface area (Å²) >= 11 is 5.91. The zero-order chi connectivity index (χ0) is 12.8. The lowest BCUT2D eigenvalue weighted by molar-refractivity contribution is 0.0711. The maximum Gasteiger partial charge on any atom is 0.270 e. The Morgan fingerprint density at radius 3 is 2.71 bits per heavy atom. The van der Waals surface area contributed by atoms with Crippen LogP contribution in [0.5, 0.6) is 0 Å². The molecule has 1 aromatic heterocycles. The van der Waals surface area contributed by atoms with Crippen molar-refractivity contribution >= 4 is 17.5 Å². The van der Waals surface area contributed by atoms with Crippen LogP contribution in [0.4, 0.5) is 0 Å². The standard InChI is InChI=1S/C12H19ClN2O2/c1-3-5-15(6-7-16)12(17)11-8-10(13)9-14(11)4-2/h8-9,16H,3-7H2,1-2H3. The number of aryl methyl sites for hydroxylation is 1. The van der Waals surface area contributed by atoms with Gasteiger partial charge in [0.2, 0.25) is 0 Å². The summed E-state index contributed by atoms with van der Waals surface area (Å²) in [5, 5.41) is 9.53. The number of aromatic nitrogens is 1. The van der Waals surface area contributed by atoms with Gasteiger partial charge >= 0.3 is 0 Å².